The van der Waals surface area contributed by atoms with Gasteiger partial charge in [0.05, 0.1) is 31.8 Å². The molecule has 0 spiro atoms. The van der Waals surface area contributed by atoms with Crippen molar-refractivity contribution in [2.24, 2.45) is 0 Å². The van der Waals surface area contributed by atoms with Crippen molar-refractivity contribution >= 4 is 71.3 Å². The van der Waals surface area contributed by atoms with Crippen molar-refractivity contribution in [1.82, 2.24) is 59.1 Å². The number of nitrogens with one attached hydrogen (secondary N) is 4. The van der Waals surface area contributed by atoms with Gasteiger partial charge in [-0.1, -0.05) is 98.9 Å². The van der Waals surface area contributed by atoms with Crippen molar-refractivity contribution in [3.8, 4) is 45.3 Å². The van der Waals surface area contributed by atoms with E-state index < -0.39 is 0 Å². The highest BCUT2D eigenvalue weighted by molar-refractivity contribution is 7.24. The predicted molar refractivity (Wildman–Crippen MR) is 285 cm³/mol. The van der Waals surface area contributed by atoms with Crippen LogP contribution in [-0.4, -0.2) is 124 Å². The molecular formula is C53H58N12O4S2. The average molecular weight is 991 g/mol. The topological polar surface area (TPSA) is 194 Å². The number of aromatic nitrogens is 8. The largest absolute Gasteiger partial charge is 0.483 e. The number of fused-ring (bicyclic) bond motifs is 6. The predicted octanol–water partition coefficient (Wildman–Crippen LogP) is 9.84. The van der Waals surface area contributed by atoms with E-state index in [1.807, 2.05) is 73.1 Å². The maximum Gasteiger partial charge on any atom is 0.290 e. The molecule has 4 aromatic carbocycles. The van der Waals surface area contributed by atoms with Crippen LogP contribution in [0.15, 0.2) is 122 Å². The van der Waals surface area contributed by atoms with E-state index in [1.54, 1.807) is 35.1 Å². The highest BCUT2D eigenvalue weighted by Crippen LogP contribution is 2.33. The first-order chi connectivity index (χ1) is 34.7. The first-order valence-electron chi connectivity index (χ1n) is 23.9. The number of hydrogen-bond donors (Lipinski definition) is 5. The van der Waals surface area contributed by atoms with Crippen LogP contribution < -0.4 is 10.6 Å². The van der Waals surface area contributed by atoms with Crippen LogP contribution in [0, 0.1) is 0 Å². The van der Waals surface area contributed by atoms with Gasteiger partial charge in [-0.15, -0.1) is 0 Å². The van der Waals surface area contributed by atoms with Gasteiger partial charge in [0.15, 0.2) is 9.92 Å². The number of hydrogen-bond acceptors (Lipinski definition) is 11. The van der Waals surface area contributed by atoms with E-state index in [1.165, 1.54) is 0 Å². The van der Waals surface area contributed by atoms with Crippen molar-refractivity contribution in [3.63, 3.8) is 0 Å². The lowest BCUT2D eigenvalue weighted by atomic mass is 10.1. The lowest BCUT2D eigenvalue weighted by Gasteiger charge is -2.17. The lowest BCUT2D eigenvalue weighted by molar-refractivity contribution is -0.122. The van der Waals surface area contributed by atoms with Gasteiger partial charge in [0.2, 0.25) is 0 Å². The van der Waals surface area contributed by atoms with Crippen molar-refractivity contribution in [1.29, 1.82) is 0 Å². The quantitative estimate of drug-likeness (QED) is 0.0408. The Kier molecular flexibility index (Phi) is 16.8. The van der Waals surface area contributed by atoms with Gasteiger partial charge in [0.1, 0.15) is 11.6 Å². The molecule has 0 aliphatic carbocycles. The average Bonchev–Trinajstić information content (AvgIpc) is 4.28. The molecule has 10 rings (SSSR count). The second-order valence-electron chi connectivity index (χ2n) is 16.5. The number of thiazole rings is 2. The number of rotatable bonds is 18. The number of benzene rings is 4. The zero-order valence-corrected chi connectivity index (χ0v) is 41.9. The summed E-state index contributed by atoms with van der Waals surface area (Å²) in [5.41, 5.74) is 9.54. The van der Waals surface area contributed by atoms with E-state index in [0.717, 1.165) is 128 Å². The molecule has 6 aromatic heterocycles. The zero-order valence-electron chi connectivity index (χ0n) is 40.3. The normalized spacial score (nSPS) is 11.3. The van der Waals surface area contributed by atoms with E-state index in [4.69, 9.17) is 19.9 Å². The molecule has 0 fully saturated rings. The second kappa shape index (κ2) is 23.9. The molecule has 0 saturated heterocycles. The fourth-order valence-electron chi connectivity index (χ4n) is 8.30. The van der Waals surface area contributed by atoms with E-state index >= 15 is 0 Å². The lowest BCUT2D eigenvalue weighted by Crippen LogP contribution is -2.29. The molecule has 2 amide bonds. The number of H-pyrrole nitrogens is 2. The number of carboxylic acid groups (broad SMARTS) is 1. The Bertz CT molecular complexity index is 3070. The van der Waals surface area contributed by atoms with Gasteiger partial charge in [-0.25, -0.2) is 19.9 Å². The number of carbonyl (C=O) groups excluding carboxylic acids is 2. The number of carbonyl (C=O) groups is 3. The molecule has 0 aliphatic heterocycles. The molecule has 0 atom stereocenters. The monoisotopic (exact) mass is 990 g/mol. The number of amides is 2. The molecule has 366 valence electrons. The molecule has 18 heteroatoms. The van der Waals surface area contributed by atoms with Crippen LogP contribution in [0.3, 0.4) is 0 Å². The van der Waals surface area contributed by atoms with Gasteiger partial charge in [0, 0.05) is 83.7 Å². The van der Waals surface area contributed by atoms with Gasteiger partial charge in [-0.2, -0.15) is 0 Å². The molecule has 0 radical (unpaired) electrons. The van der Waals surface area contributed by atoms with Crippen LogP contribution in [0.1, 0.15) is 61.3 Å². The second-order valence-corrected chi connectivity index (χ2v) is 18.6. The molecule has 10 aromatic rings. The van der Waals surface area contributed by atoms with Crippen LogP contribution >= 0.6 is 22.7 Å². The van der Waals surface area contributed by atoms with Gasteiger partial charge in [-0.05, 0) is 88.5 Å². The number of nitrogens with zero attached hydrogens (tertiary/aromatic N) is 8. The fraction of sp³-hybridized carbons (Fsp3) is 0.264. The van der Waals surface area contributed by atoms with Crippen LogP contribution in [-0.2, 0) is 4.79 Å². The van der Waals surface area contributed by atoms with Crippen LogP contribution in [0.2, 0.25) is 0 Å². The molecule has 16 nitrogen and oxygen atoms in total. The number of aromatic amines is 2. The fourth-order valence-corrected chi connectivity index (χ4v) is 10.4. The van der Waals surface area contributed by atoms with Gasteiger partial charge < -0.3 is 35.5 Å². The third kappa shape index (κ3) is 11.9. The standard InChI is InChI=1S/2C26H28N6OS.CH2O2/c2*1-3-31(4-2)15-5-12-29-25(33)20-10-11-22-23(16-20)34-26-30-21(17-32(22)26)18-6-8-19(9-7-18)24-27-13-14-28-24;2-1-3/h2*6-11,13-14,16-17H,3-5,12,15H2,1-2H3,(H,27,28)(H,29,33);1H,(H,2,3). The van der Waals surface area contributed by atoms with Gasteiger partial charge in [0.25, 0.3) is 18.3 Å². The summed E-state index contributed by atoms with van der Waals surface area (Å²) in [4.78, 5) is 64.7. The van der Waals surface area contributed by atoms with Crippen molar-refractivity contribution in [2.75, 3.05) is 52.4 Å². The van der Waals surface area contributed by atoms with Crippen LogP contribution in [0.5, 0.6) is 0 Å². The maximum absolute atomic E-state index is 12.6. The summed E-state index contributed by atoms with van der Waals surface area (Å²) >= 11 is 3.20. The molecule has 0 saturated carbocycles. The van der Waals surface area contributed by atoms with Gasteiger partial charge >= 0.3 is 0 Å². The number of imidazole rings is 4. The van der Waals surface area contributed by atoms with E-state index in [9.17, 15) is 9.59 Å². The Morgan fingerprint density at radius 1 is 0.606 bits per heavy atom. The summed E-state index contributed by atoms with van der Waals surface area (Å²) < 4.78 is 6.30. The maximum atomic E-state index is 12.6. The Morgan fingerprint density at radius 3 is 1.34 bits per heavy atom. The summed E-state index contributed by atoms with van der Waals surface area (Å²) in [6.45, 7) is 15.9. The first kappa shape index (κ1) is 49.9. The molecule has 6 heterocycles. The zero-order chi connectivity index (χ0) is 49.7. The SMILES string of the molecule is CCN(CC)CCCNC(=O)c1ccc2c(c1)sc1nc(-c3ccc(-c4ncc[nH]4)cc3)cn12.CCN(CC)CCCNC(=O)c1ccc2c(c1)sc1nc(-c3ccc(-c4ncc[nH]4)cc3)cn12.O=CO. The molecule has 0 unspecified atom stereocenters. The summed E-state index contributed by atoms with van der Waals surface area (Å²) in [6, 6.07) is 28.2. The summed E-state index contributed by atoms with van der Waals surface area (Å²) in [7, 11) is 0. The van der Waals surface area contributed by atoms with E-state index in [-0.39, 0.29) is 18.3 Å². The summed E-state index contributed by atoms with van der Waals surface area (Å²) in [6.07, 6.45) is 13.2. The minimum Gasteiger partial charge on any atom is -0.483 e. The Morgan fingerprint density at radius 2 is 0.986 bits per heavy atom. The van der Waals surface area contributed by atoms with Gasteiger partial charge in [-0.3, -0.25) is 23.2 Å². The molecule has 71 heavy (non-hydrogen) atoms. The molecule has 0 aliphatic rings. The van der Waals surface area contributed by atoms with Crippen molar-refractivity contribution < 1.29 is 19.5 Å². The third-order valence-corrected chi connectivity index (χ3v) is 14.3. The van der Waals surface area contributed by atoms with Crippen LogP contribution in [0.25, 0.3) is 75.6 Å². The van der Waals surface area contributed by atoms with Crippen LogP contribution in [0.4, 0.5) is 0 Å². The minimum absolute atomic E-state index is 0.0233. The molecule has 0 bridgehead atoms. The smallest absolute Gasteiger partial charge is 0.290 e. The minimum atomic E-state index is -0.250. The highest BCUT2D eigenvalue weighted by atomic mass is 32.1. The Hall–Kier alpha value is -7.51. The van der Waals surface area contributed by atoms with E-state index in [2.05, 4.69) is 114 Å². The third-order valence-electron chi connectivity index (χ3n) is 12.3. The Labute approximate surface area is 419 Å². The summed E-state index contributed by atoms with van der Waals surface area (Å²) in [5.74, 6) is 1.66. The summed E-state index contributed by atoms with van der Waals surface area (Å²) in [5, 5.41) is 13.0. The Balaban J connectivity index is 0.000000181. The van der Waals surface area contributed by atoms with E-state index in [0.29, 0.717) is 24.2 Å². The van der Waals surface area contributed by atoms with Crippen molar-refractivity contribution in [3.05, 3.63) is 133 Å². The highest BCUT2D eigenvalue weighted by Gasteiger charge is 2.16. The molecule has 5 N–H and O–H groups in total. The van der Waals surface area contributed by atoms with Crippen molar-refractivity contribution in [2.45, 2.75) is 40.5 Å². The molecular weight excluding hydrogens is 933 g/mol. The first-order valence-corrected chi connectivity index (χ1v) is 25.5.